The molecule has 1 saturated heterocycles. The van der Waals surface area contributed by atoms with Crippen molar-refractivity contribution in [1.29, 1.82) is 0 Å². The second-order valence-corrected chi connectivity index (χ2v) is 7.55. The van der Waals surface area contributed by atoms with Crippen molar-refractivity contribution < 1.29 is 14.4 Å². The third-order valence-corrected chi connectivity index (χ3v) is 5.46. The molecule has 0 saturated carbocycles. The van der Waals surface area contributed by atoms with E-state index in [1.165, 1.54) is 0 Å². The van der Waals surface area contributed by atoms with Gasteiger partial charge in [-0.15, -0.1) is 0 Å². The van der Waals surface area contributed by atoms with E-state index in [1.807, 2.05) is 55.6 Å². The molecule has 154 valence electrons. The van der Waals surface area contributed by atoms with E-state index >= 15 is 0 Å². The van der Waals surface area contributed by atoms with Crippen LogP contribution in [0.3, 0.4) is 0 Å². The molecule has 30 heavy (non-hydrogen) atoms. The fourth-order valence-corrected chi connectivity index (χ4v) is 3.82. The van der Waals surface area contributed by atoms with Gasteiger partial charge in [-0.05, 0) is 48.7 Å². The number of nitrogens with one attached hydrogen (secondary N) is 2. The standard InChI is InChI=1S/C22H23N5O3/c1-27-12-11-16(21(29)23-18-8-10-20(28)24-22(18)30)17-13-15(7-9-19(17)27)26-25-14-5-3-2-4-6-14/h2-7,9,13,16,18H,8,10-12H2,1H3,(H,23,29)(H,24,28,30)/t16?,18-/m0/s1. The predicted molar refractivity (Wildman–Crippen MR) is 112 cm³/mol. The third kappa shape index (κ3) is 4.22. The summed E-state index contributed by atoms with van der Waals surface area (Å²) in [6.07, 6.45) is 1.17. The summed E-state index contributed by atoms with van der Waals surface area (Å²) in [4.78, 5) is 38.5. The zero-order valence-corrected chi connectivity index (χ0v) is 16.7. The number of carbonyl (C=O) groups excluding carboxylic acids is 3. The number of rotatable bonds is 4. The SMILES string of the molecule is CN1CCC(C(=O)N[C@H]2CCC(=O)NC2=O)c2cc(N=Nc3ccccc3)ccc21. The van der Waals surface area contributed by atoms with Gasteiger partial charge in [0.1, 0.15) is 6.04 Å². The molecule has 1 fully saturated rings. The monoisotopic (exact) mass is 405 g/mol. The fraction of sp³-hybridized carbons (Fsp3) is 0.318. The van der Waals surface area contributed by atoms with E-state index in [2.05, 4.69) is 25.8 Å². The minimum absolute atomic E-state index is 0.212. The Labute approximate surface area is 174 Å². The van der Waals surface area contributed by atoms with Crippen LogP contribution >= 0.6 is 0 Å². The highest BCUT2D eigenvalue weighted by Crippen LogP contribution is 2.37. The normalized spacial score (nSPS) is 21.3. The van der Waals surface area contributed by atoms with Crippen LogP contribution in [0.4, 0.5) is 17.1 Å². The minimum atomic E-state index is -0.681. The second-order valence-electron chi connectivity index (χ2n) is 7.55. The van der Waals surface area contributed by atoms with E-state index in [1.54, 1.807) is 0 Å². The van der Waals surface area contributed by atoms with Gasteiger partial charge >= 0.3 is 0 Å². The summed E-state index contributed by atoms with van der Waals surface area (Å²) in [5.41, 5.74) is 3.23. The Morgan fingerprint density at radius 2 is 1.83 bits per heavy atom. The minimum Gasteiger partial charge on any atom is -0.374 e. The summed E-state index contributed by atoms with van der Waals surface area (Å²) in [5.74, 6) is -1.36. The van der Waals surface area contributed by atoms with Crippen LogP contribution in [0.5, 0.6) is 0 Å². The highest BCUT2D eigenvalue weighted by atomic mass is 16.2. The third-order valence-electron chi connectivity index (χ3n) is 5.46. The number of anilines is 1. The van der Waals surface area contributed by atoms with Gasteiger partial charge in [0.05, 0.1) is 17.3 Å². The lowest BCUT2D eigenvalue weighted by molar-refractivity contribution is -0.137. The molecule has 0 bridgehead atoms. The lowest BCUT2D eigenvalue weighted by atomic mass is 9.88. The molecule has 1 unspecified atom stereocenters. The Morgan fingerprint density at radius 1 is 1.07 bits per heavy atom. The highest BCUT2D eigenvalue weighted by molar-refractivity contribution is 6.02. The molecule has 0 radical (unpaired) electrons. The average molecular weight is 405 g/mol. The van der Waals surface area contributed by atoms with E-state index in [0.29, 0.717) is 18.5 Å². The summed E-state index contributed by atoms with van der Waals surface area (Å²) < 4.78 is 0. The van der Waals surface area contributed by atoms with Crippen molar-refractivity contribution in [2.75, 3.05) is 18.5 Å². The molecule has 2 heterocycles. The number of benzene rings is 2. The highest BCUT2D eigenvalue weighted by Gasteiger charge is 2.33. The van der Waals surface area contributed by atoms with Crippen LogP contribution in [0.25, 0.3) is 0 Å². The molecule has 8 heteroatoms. The van der Waals surface area contributed by atoms with Crippen LogP contribution in [0.1, 0.15) is 30.7 Å². The van der Waals surface area contributed by atoms with Gasteiger partial charge in [0, 0.05) is 25.7 Å². The fourth-order valence-electron chi connectivity index (χ4n) is 3.82. The van der Waals surface area contributed by atoms with Crippen LogP contribution in [0.15, 0.2) is 58.8 Å². The quantitative estimate of drug-likeness (QED) is 0.603. The lowest BCUT2D eigenvalue weighted by Gasteiger charge is -2.33. The molecular weight excluding hydrogens is 382 g/mol. The molecule has 0 aromatic heterocycles. The van der Waals surface area contributed by atoms with Crippen LogP contribution in [0.2, 0.25) is 0 Å². The molecule has 0 aliphatic carbocycles. The van der Waals surface area contributed by atoms with Crippen LogP contribution in [-0.4, -0.2) is 37.4 Å². The molecule has 8 nitrogen and oxygen atoms in total. The number of hydrogen-bond donors (Lipinski definition) is 2. The van der Waals surface area contributed by atoms with Gasteiger partial charge in [0.2, 0.25) is 17.7 Å². The van der Waals surface area contributed by atoms with Crippen molar-refractivity contribution in [3.63, 3.8) is 0 Å². The van der Waals surface area contributed by atoms with Crippen molar-refractivity contribution >= 4 is 34.8 Å². The first-order chi connectivity index (χ1) is 14.5. The first kappa shape index (κ1) is 19.8. The maximum absolute atomic E-state index is 13.0. The maximum atomic E-state index is 13.0. The smallest absolute Gasteiger partial charge is 0.249 e. The first-order valence-corrected chi connectivity index (χ1v) is 9.97. The van der Waals surface area contributed by atoms with Gasteiger partial charge in [-0.3, -0.25) is 19.7 Å². The molecule has 2 aromatic carbocycles. The van der Waals surface area contributed by atoms with Crippen molar-refractivity contribution in [3.8, 4) is 0 Å². The van der Waals surface area contributed by atoms with Gasteiger partial charge in [-0.25, -0.2) is 0 Å². The van der Waals surface area contributed by atoms with Gasteiger partial charge in [0.25, 0.3) is 0 Å². The molecule has 3 amide bonds. The van der Waals surface area contributed by atoms with Gasteiger partial charge in [-0.2, -0.15) is 10.2 Å². The number of carbonyl (C=O) groups is 3. The number of nitrogens with zero attached hydrogens (tertiary/aromatic N) is 3. The maximum Gasteiger partial charge on any atom is 0.249 e. The van der Waals surface area contributed by atoms with Crippen molar-refractivity contribution in [1.82, 2.24) is 10.6 Å². The lowest BCUT2D eigenvalue weighted by Crippen LogP contribution is -2.53. The first-order valence-electron chi connectivity index (χ1n) is 9.97. The number of imide groups is 1. The molecule has 0 spiro atoms. The Balaban J connectivity index is 1.55. The molecular formula is C22H23N5O3. The summed E-state index contributed by atoms with van der Waals surface area (Å²) in [5, 5.41) is 13.7. The molecule has 2 N–H and O–H groups in total. The summed E-state index contributed by atoms with van der Waals surface area (Å²) >= 11 is 0. The largest absolute Gasteiger partial charge is 0.374 e. The number of hydrogen-bond acceptors (Lipinski definition) is 6. The molecule has 4 rings (SSSR count). The number of fused-ring (bicyclic) bond motifs is 1. The van der Waals surface area contributed by atoms with Crippen molar-refractivity contribution in [3.05, 3.63) is 54.1 Å². The van der Waals surface area contributed by atoms with E-state index < -0.39 is 17.9 Å². The Kier molecular flexibility index (Phi) is 5.56. The van der Waals surface area contributed by atoms with Crippen molar-refractivity contribution in [2.45, 2.75) is 31.2 Å². The molecule has 2 aliphatic heterocycles. The number of azo groups is 1. The Morgan fingerprint density at radius 3 is 2.60 bits per heavy atom. The van der Waals surface area contributed by atoms with Gasteiger partial charge in [-0.1, -0.05) is 18.2 Å². The topological polar surface area (TPSA) is 103 Å². The summed E-state index contributed by atoms with van der Waals surface area (Å²) in [7, 11) is 1.98. The van der Waals surface area contributed by atoms with E-state index in [0.717, 1.165) is 23.5 Å². The van der Waals surface area contributed by atoms with Gasteiger partial charge in [0.15, 0.2) is 0 Å². The van der Waals surface area contributed by atoms with Crippen LogP contribution in [-0.2, 0) is 14.4 Å². The zero-order chi connectivity index (χ0) is 21.1. The predicted octanol–water partition coefficient (Wildman–Crippen LogP) is 2.95. The Bertz CT molecular complexity index is 1010. The van der Waals surface area contributed by atoms with Crippen LogP contribution in [0, 0.1) is 0 Å². The molecule has 2 aromatic rings. The molecule has 2 atom stereocenters. The zero-order valence-electron chi connectivity index (χ0n) is 16.7. The summed E-state index contributed by atoms with van der Waals surface area (Å²) in [6.45, 7) is 0.727. The number of piperidine rings is 1. The number of amides is 3. The summed E-state index contributed by atoms with van der Waals surface area (Å²) in [6, 6.07) is 14.5. The van der Waals surface area contributed by atoms with Crippen molar-refractivity contribution in [2.24, 2.45) is 10.2 Å². The van der Waals surface area contributed by atoms with E-state index in [-0.39, 0.29) is 18.2 Å². The molecule has 2 aliphatic rings. The van der Waals surface area contributed by atoms with E-state index in [4.69, 9.17) is 0 Å². The Hall–Kier alpha value is -3.55. The van der Waals surface area contributed by atoms with Gasteiger partial charge < -0.3 is 10.2 Å². The average Bonchev–Trinajstić information content (AvgIpc) is 2.75. The van der Waals surface area contributed by atoms with Crippen LogP contribution < -0.4 is 15.5 Å². The second kappa shape index (κ2) is 8.44. The van der Waals surface area contributed by atoms with E-state index in [9.17, 15) is 14.4 Å².